The van der Waals surface area contributed by atoms with Gasteiger partial charge in [-0.2, -0.15) is 21.0 Å². The summed E-state index contributed by atoms with van der Waals surface area (Å²) in [4.78, 5) is 0. The molecule has 0 aromatic heterocycles. The second-order valence-electron chi connectivity index (χ2n) is 6.97. The molecule has 5 aliphatic carbocycles. The van der Waals surface area contributed by atoms with Gasteiger partial charge in [0.1, 0.15) is 0 Å². The lowest BCUT2D eigenvalue weighted by molar-refractivity contribution is 0.170. The van der Waals surface area contributed by atoms with E-state index in [1.807, 2.05) is 48.6 Å². The van der Waals surface area contributed by atoms with Gasteiger partial charge in [-0.05, 0) is 29.4 Å². The minimum absolute atomic E-state index is 0.143. The van der Waals surface area contributed by atoms with Crippen LogP contribution in [-0.4, -0.2) is 0 Å². The maximum Gasteiger partial charge on any atom is 0.185 e. The van der Waals surface area contributed by atoms with Crippen molar-refractivity contribution in [2.24, 2.45) is 34.5 Å². The average molecular weight is 322 g/mol. The van der Waals surface area contributed by atoms with Gasteiger partial charge in [-0.25, -0.2) is 0 Å². The molecule has 5 aliphatic rings. The van der Waals surface area contributed by atoms with Crippen molar-refractivity contribution >= 4 is 0 Å². The molecule has 4 atom stereocenters. The van der Waals surface area contributed by atoms with Crippen molar-refractivity contribution in [3.8, 4) is 24.3 Å². The first-order chi connectivity index (χ1) is 12.2. The van der Waals surface area contributed by atoms with E-state index in [9.17, 15) is 21.0 Å². The minimum atomic E-state index is -1.69. The summed E-state index contributed by atoms with van der Waals surface area (Å²) in [6.07, 6.45) is 16.4. The van der Waals surface area contributed by atoms with E-state index in [0.29, 0.717) is 0 Å². The average Bonchev–Trinajstić information content (AvgIpc) is 3.45. The molecule has 4 heteroatoms. The first-order valence-corrected chi connectivity index (χ1v) is 8.28. The highest BCUT2D eigenvalue weighted by molar-refractivity contribution is 5.55. The molecule has 2 fully saturated rings. The molecule has 0 aromatic carbocycles. The van der Waals surface area contributed by atoms with Crippen LogP contribution in [0.4, 0.5) is 0 Å². The fourth-order valence-electron chi connectivity index (χ4n) is 4.81. The van der Waals surface area contributed by atoms with Crippen LogP contribution in [0.2, 0.25) is 0 Å². The van der Waals surface area contributed by atoms with E-state index >= 15 is 0 Å². The maximum absolute atomic E-state index is 9.98. The lowest BCUT2D eigenvalue weighted by Gasteiger charge is -2.42. The van der Waals surface area contributed by atoms with E-state index in [-0.39, 0.29) is 17.8 Å². The predicted octanol–water partition coefficient (Wildman–Crippen LogP) is 3.48. The van der Waals surface area contributed by atoms with Crippen molar-refractivity contribution in [2.75, 3.05) is 0 Å². The van der Waals surface area contributed by atoms with Gasteiger partial charge in [0.25, 0.3) is 0 Å². The summed E-state index contributed by atoms with van der Waals surface area (Å²) in [7, 11) is 0. The Morgan fingerprint density at radius 2 is 1.40 bits per heavy atom. The molecule has 0 radical (unpaired) electrons. The molecule has 0 heterocycles. The molecule has 118 valence electrons. The molecule has 2 saturated carbocycles. The monoisotopic (exact) mass is 322 g/mol. The van der Waals surface area contributed by atoms with Gasteiger partial charge < -0.3 is 0 Å². The Bertz CT molecular complexity index is 915. The van der Waals surface area contributed by atoms with Crippen molar-refractivity contribution in [3.63, 3.8) is 0 Å². The van der Waals surface area contributed by atoms with E-state index < -0.39 is 16.7 Å². The van der Waals surface area contributed by atoms with Crippen LogP contribution in [-0.2, 0) is 0 Å². The summed E-state index contributed by atoms with van der Waals surface area (Å²) in [6, 6.07) is 8.40. The van der Waals surface area contributed by atoms with Crippen molar-refractivity contribution in [1.29, 1.82) is 21.0 Å². The van der Waals surface area contributed by atoms with E-state index in [0.717, 1.165) is 17.6 Å². The third-order valence-electron chi connectivity index (χ3n) is 6.06. The molecule has 4 nitrogen and oxygen atoms in total. The molecular weight excluding hydrogens is 308 g/mol. The third-order valence-corrected chi connectivity index (χ3v) is 6.06. The molecule has 5 rings (SSSR count). The van der Waals surface area contributed by atoms with Crippen LogP contribution < -0.4 is 0 Å². The summed E-state index contributed by atoms with van der Waals surface area (Å²) in [5, 5.41) is 39.8. The van der Waals surface area contributed by atoms with Crippen LogP contribution in [0.5, 0.6) is 0 Å². The highest BCUT2D eigenvalue weighted by Gasteiger charge is 2.72. The molecule has 0 aromatic rings. The number of fused-ring (bicyclic) bond motifs is 1. The van der Waals surface area contributed by atoms with E-state index in [1.54, 1.807) is 0 Å². The molecule has 2 bridgehead atoms. The zero-order valence-electron chi connectivity index (χ0n) is 13.4. The van der Waals surface area contributed by atoms with Crippen molar-refractivity contribution in [2.45, 2.75) is 6.42 Å². The Kier molecular flexibility index (Phi) is 3.09. The Hall–Kier alpha value is -3.34. The molecule has 25 heavy (non-hydrogen) atoms. The summed E-state index contributed by atoms with van der Waals surface area (Å²) in [6.45, 7) is 0. The van der Waals surface area contributed by atoms with Gasteiger partial charge in [0.15, 0.2) is 10.8 Å². The normalized spacial score (nSPS) is 34.7. The maximum atomic E-state index is 9.98. The molecule has 0 unspecified atom stereocenters. The van der Waals surface area contributed by atoms with Crippen molar-refractivity contribution in [1.82, 2.24) is 0 Å². The number of rotatable bonds is 0. The molecular formula is C21H14N4. The number of nitriles is 4. The lowest BCUT2D eigenvalue weighted by atomic mass is 9.51. The Morgan fingerprint density at radius 3 is 1.96 bits per heavy atom. The zero-order valence-corrected chi connectivity index (χ0v) is 13.4. The van der Waals surface area contributed by atoms with Crippen LogP contribution in [0.15, 0.2) is 59.8 Å². The second-order valence-corrected chi connectivity index (χ2v) is 6.97. The van der Waals surface area contributed by atoms with Crippen LogP contribution in [0.25, 0.3) is 0 Å². The zero-order chi connectivity index (χ0) is 17.7. The third kappa shape index (κ3) is 1.67. The highest BCUT2D eigenvalue weighted by atomic mass is 14.7. The second kappa shape index (κ2) is 5.08. The molecule has 0 N–H and O–H groups in total. The summed E-state index contributed by atoms with van der Waals surface area (Å²) in [5.74, 6) is -0.558. The van der Waals surface area contributed by atoms with E-state index in [1.165, 1.54) is 0 Å². The van der Waals surface area contributed by atoms with Crippen LogP contribution in [0.3, 0.4) is 0 Å². The van der Waals surface area contributed by atoms with Crippen LogP contribution in [0.1, 0.15) is 6.42 Å². The molecule has 0 spiro atoms. The number of hydrogen-bond donors (Lipinski definition) is 0. The van der Waals surface area contributed by atoms with Gasteiger partial charge in [0.2, 0.25) is 0 Å². The van der Waals surface area contributed by atoms with E-state index in [4.69, 9.17) is 0 Å². The van der Waals surface area contributed by atoms with Gasteiger partial charge in [0, 0.05) is 11.8 Å². The van der Waals surface area contributed by atoms with Gasteiger partial charge >= 0.3 is 0 Å². The van der Waals surface area contributed by atoms with E-state index in [2.05, 4.69) is 24.3 Å². The van der Waals surface area contributed by atoms with Crippen LogP contribution in [0, 0.1) is 79.8 Å². The number of allylic oxidation sites excluding steroid dienone is 10. The molecule has 0 amide bonds. The van der Waals surface area contributed by atoms with Gasteiger partial charge in [-0.3, -0.25) is 0 Å². The summed E-state index contributed by atoms with van der Waals surface area (Å²) in [5.41, 5.74) is -1.31. The lowest BCUT2D eigenvalue weighted by Crippen LogP contribution is -2.50. The van der Waals surface area contributed by atoms with Gasteiger partial charge in [0.05, 0.1) is 24.3 Å². The molecule has 0 aliphatic heterocycles. The Balaban J connectivity index is 2.04. The first kappa shape index (κ1) is 15.2. The predicted molar refractivity (Wildman–Crippen MR) is 89.5 cm³/mol. The van der Waals surface area contributed by atoms with Gasteiger partial charge in [-0.15, -0.1) is 0 Å². The minimum Gasteiger partial charge on any atom is -0.196 e. The smallest absolute Gasteiger partial charge is 0.185 e. The number of hydrogen-bond acceptors (Lipinski definition) is 4. The summed E-state index contributed by atoms with van der Waals surface area (Å²) < 4.78 is 0. The highest BCUT2D eigenvalue weighted by Crippen LogP contribution is 2.69. The van der Waals surface area contributed by atoms with Crippen molar-refractivity contribution < 1.29 is 0 Å². The number of nitrogens with zero attached hydrogens (tertiary/aromatic N) is 4. The van der Waals surface area contributed by atoms with Crippen LogP contribution >= 0.6 is 0 Å². The fraction of sp³-hybridized carbons (Fsp3) is 0.333. The largest absolute Gasteiger partial charge is 0.196 e. The SMILES string of the molecule is N#CC1(C#N)[C@@H]2C=C[C@@H](C(=C3C=CC=CC=C3)[C@H]3C[C@H]32)C1(C#N)C#N. The summed E-state index contributed by atoms with van der Waals surface area (Å²) >= 11 is 0. The van der Waals surface area contributed by atoms with Crippen molar-refractivity contribution in [3.05, 3.63) is 59.8 Å². The first-order valence-electron chi connectivity index (χ1n) is 8.28. The standard InChI is InChI=1S/C21H14N4/c22-10-20(11-23)17-7-8-18(21(20,12-24)13-25)19(16-9-15(16)17)14-5-3-1-2-4-6-14/h1-8,15-18H,9H2/t15-,16+,17-,18+/m1/s1. The quantitative estimate of drug-likeness (QED) is 0.638. The Morgan fingerprint density at radius 1 is 0.800 bits per heavy atom. The fourth-order valence-corrected chi connectivity index (χ4v) is 4.81. The topological polar surface area (TPSA) is 95.2 Å². The Labute approximate surface area is 146 Å². The van der Waals surface area contributed by atoms with Gasteiger partial charge in [-0.1, -0.05) is 48.6 Å². The molecule has 0 saturated heterocycles.